The molecular weight excluding hydrogens is 633 g/mol. The van der Waals surface area contributed by atoms with E-state index in [0.717, 1.165) is 55.2 Å². The highest BCUT2D eigenvalue weighted by Gasteiger charge is 2.44. The maximum Gasteiger partial charge on any atom is 0.339 e. The van der Waals surface area contributed by atoms with Crippen LogP contribution in [0, 0.1) is 0 Å². The Morgan fingerprint density at radius 1 is 0.864 bits per heavy atom. The van der Waals surface area contributed by atoms with Crippen LogP contribution in [0.2, 0.25) is 5.02 Å². The molecule has 0 atom stereocenters. The van der Waals surface area contributed by atoms with E-state index in [-0.39, 0.29) is 23.3 Å². The molecule has 0 saturated carbocycles. The summed E-state index contributed by atoms with van der Waals surface area (Å²) in [7, 11) is 0. The Labute approximate surface area is 277 Å². The number of hydrogen-bond donors (Lipinski definition) is 0. The number of carbonyl (C=O) groups excluding carboxylic acids is 2. The molecule has 0 radical (unpaired) electrons. The van der Waals surface area contributed by atoms with Gasteiger partial charge in [0.25, 0.3) is 0 Å². The van der Waals surface area contributed by atoms with E-state index >= 15 is 0 Å². The van der Waals surface area contributed by atoms with Crippen molar-refractivity contribution in [2.45, 2.75) is 56.8 Å². The first-order chi connectivity index (χ1) is 21.4. The number of benzene rings is 3. The van der Waals surface area contributed by atoms with Crippen LogP contribution < -0.4 is 0 Å². The summed E-state index contributed by atoms with van der Waals surface area (Å²) in [6.45, 7) is 0. The SMILES string of the molecule is O=C(Cc1ccc(Cl)cc1)O/N=C1/Cc2cc3c(cc2C1=O)-c1ccc(-c2cccs2)cc1C3(CCCCCl)CCCCCl. The molecule has 8 heteroatoms. The van der Waals surface area contributed by atoms with Crippen molar-refractivity contribution < 1.29 is 14.4 Å². The van der Waals surface area contributed by atoms with Gasteiger partial charge in [0.05, 0.1) is 6.42 Å². The van der Waals surface area contributed by atoms with Crippen LogP contribution >= 0.6 is 46.1 Å². The largest absolute Gasteiger partial charge is 0.339 e. The number of ketones is 1. The van der Waals surface area contributed by atoms with Crippen LogP contribution in [0.1, 0.15) is 71.1 Å². The number of hydrogen-bond acceptors (Lipinski definition) is 5. The second-order valence-corrected chi connectivity index (χ2v) is 13.6. The maximum atomic E-state index is 13.5. The van der Waals surface area contributed by atoms with E-state index in [1.807, 2.05) is 6.07 Å². The summed E-state index contributed by atoms with van der Waals surface area (Å²) in [5.74, 6) is 0.531. The molecule has 44 heavy (non-hydrogen) atoms. The molecule has 3 aromatic carbocycles. The molecule has 1 heterocycles. The number of oxime groups is 1. The van der Waals surface area contributed by atoms with Gasteiger partial charge in [0.2, 0.25) is 5.78 Å². The molecular formula is C36H32Cl3NO3S. The maximum absolute atomic E-state index is 13.5. The molecule has 2 aliphatic carbocycles. The van der Waals surface area contributed by atoms with E-state index in [1.54, 1.807) is 35.6 Å². The lowest BCUT2D eigenvalue weighted by atomic mass is 9.70. The number of carbonyl (C=O) groups is 2. The third kappa shape index (κ3) is 6.12. The van der Waals surface area contributed by atoms with Crippen molar-refractivity contribution >= 4 is 63.6 Å². The summed E-state index contributed by atoms with van der Waals surface area (Å²) in [5, 5.41) is 6.74. The molecule has 0 bridgehead atoms. The van der Waals surface area contributed by atoms with Crippen molar-refractivity contribution in [1.29, 1.82) is 0 Å². The van der Waals surface area contributed by atoms with Gasteiger partial charge in [-0.05, 0) is 100 Å². The Morgan fingerprint density at radius 2 is 1.59 bits per heavy atom. The second kappa shape index (κ2) is 13.6. The molecule has 0 spiro atoms. The number of rotatable bonds is 12. The van der Waals surface area contributed by atoms with E-state index in [9.17, 15) is 9.59 Å². The van der Waals surface area contributed by atoms with Crippen molar-refractivity contribution in [3.05, 3.63) is 105 Å². The van der Waals surface area contributed by atoms with Gasteiger partial charge in [-0.25, -0.2) is 4.79 Å². The molecule has 226 valence electrons. The van der Waals surface area contributed by atoms with Gasteiger partial charge >= 0.3 is 5.97 Å². The van der Waals surface area contributed by atoms with Crippen molar-refractivity contribution in [3.8, 4) is 21.6 Å². The first kappa shape index (κ1) is 31.0. The minimum Gasteiger partial charge on any atom is -0.317 e. The van der Waals surface area contributed by atoms with Gasteiger partial charge in [-0.1, -0.05) is 66.0 Å². The van der Waals surface area contributed by atoms with E-state index in [1.165, 1.54) is 27.1 Å². The topological polar surface area (TPSA) is 55.7 Å². The Kier molecular flexibility index (Phi) is 9.58. The van der Waals surface area contributed by atoms with Crippen molar-refractivity contribution in [1.82, 2.24) is 0 Å². The molecule has 4 nitrogen and oxygen atoms in total. The van der Waals surface area contributed by atoms with Crippen LogP contribution in [-0.4, -0.2) is 29.2 Å². The summed E-state index contributed by atoms with van der Waals surface area (Å²) in [5.41, 5.74) is 8.41. The Bertz CT molecular complexity index is 1700. The Hall–Kier alpha value is -2.96. The standard InChI is InChI=1S/C36H32Cl3NO3S/c37-15-3-1-13-36(14-2-4-16-38)30-19-24(33-6-5-17-44-33)9-12-27(30)29-22-28-25(20-31(29)36)21-32(35(28)42)40-43-34(41)18-23-7-10-26(39)11-8-23/h5-12,17,19-20,22H,1-4,13-16,18,21H2/b40-32-. The van der Waals surface area contributed by atoms with Gasteiger partial charge in [-0.3, -0.25) is 4.79 Å². The lowest BCUT2D eigenvalue weighted by Gasteiger charge is -2.33. The number of nitrogens with zero attached hydrogens (tertiary/aromatic N) is 1. The van der Waals surface area contributed by atoms with E-state index < -0.39 is 5.97 Å². The van der Waals surface area contributed by atoms with E-state index in [2.05, 4.69) is 46.9 Å². The molecule has 4 aromatic rings. The lowest BCUT2D eigenvalue weighted by Crippen LogP contribution is -2.26. The van der Waals surface area contributed by atoms with Crippen LogP contribution in [0.4, 0.5) is 0 Å². The molecule has 0 N–H and O–H groups in total. The molecule has 6 rings (SSSR count). The van der Waals surface area contributed by atoms with Gasteiger partial charge in [0.1, 0.15) is 5.71 Å². The lowest BCUT2D eigenvalue weighted by molar-refractivity contribution is -0.142. The number of alkyl halides is 2. The summed E-state index contributed by atoms with van der Waals surface area (Å²) < 4.78 is 0. The Balaban J connectivity index is 1.35. The van der Waals surface area contributed by atoms with Gasteiger partial charge < -0.3 is 4.84 Å². The van der Waals surface area contributed by atoms with Crippen LogP contribution in [-0.2, 0) is 27.9 Å². The minimum atomic E-state index is -0.529. The highest BCUT2D eigenvalue weighted by Crippen LogP contribution is 2.56. The average molecular weight is 665 g/mol. The highest BCUT2D eigenvalue weighted by molar-refractivity contribution is 7.13. The van der Waals surface area contributed by atoms with Crippen molar-refractivity contribution in [3.63, 3.8) is 0 Å². The fraction of sp³-hybridized carbons (Fsp3) is 0.306. The second-order valence-electron chi connectivity index (χ2n) is 11.5. The van der Waals surface area contributed by atoms with Crippen LogP contribution in [0.3, 0.4) is 0 Å². The molecule has 0 fully saturated rings. The summed E-state index contributed by atoms with van der Waals surface area (Å²) in [6, 6.07) is 22.2. The quantitative estimate of drug-likeness (QED) is 0.0656. The fourth-order valence-electron chi connectivity index (χ4n) is 6.64. The average Bonchev–Trinajstić information content (AvgIpc) is 3.74. The third-order valence-corrected chi connectivity index (χ3v) is 10.5. The zero-order valence-electron chi connectivity index (χ0n) is 24.2. The van der Waals surface area contributed by atoms with Crippen molar-refractivity contribution in [2.75, 3.05) is 11.8 Å². The molecule has 1 aromatic heterocycles. The van der Waals surface area contributed by atoms with Gasteiger partial charge in [-0.15, -0.1) is 34.5 Å². The third-order valence-electron chi connectivity index (χ3n) is 8.75. The number of Topliss-reactive ketones (excluding diaryl/α,β-unsaturated/α-hetero) is 1. The Morgan fingerprint density at radius 3 is 2.27 bits per heavy atom. The van der Waals surface area contributed by atoms with E-state index in [0.29, 0.717) is 28.8 Å². The van der Waals surface area contributed by atoms with Gasteiger partial charge in [-0.2, -0.15) is 0 Å². The predicted molar refractivity (Wildman–Crippen MR) is 182 cm³/mol. The molecule has 0 amide bonds. The monoisotopic (exact) mass is 663 g/mol. The number of thiophene rings is 1. The molecule has 2 aliphatic rings. The zero-order chi connectivity index (χ0) is 30.7. The smallest absolute Gasteiger partial charge is 0.317 e. The summed E-state index contributed by atoms with van der Waals surface area (Å²) in [4.78, 5) is 32.5. The fourth-order valence-corrected chi connectivity index (χ4v) is 7.87. The molecule has 0 aliphatic heterocycles. The van der Waals surface area contributed by atoms with Crippen LogP contribution in [0.15, 0.2) is 77.3 Å². The molecule has 0 saturated heterocycles. The molecule has 0 unspecified atom stereocenters. The first-order valence-corrected chi connectivity index (χ1v) is 17.3. The zero-order valence-corrected chi connectivity index (χ0v) is 27.3. The van der Waals surface area contributed by atoms with Crippen molar-refractivity contribution in [2.24, 2.45) is 5.16 Å². The number of unbranched alkanes of at least 4 members (excludes halogenated alkanes) is 2. The van der Waals surface area contributed by atoms with Crippen LogP contribution in [0.25, 0.3) is 21.6 Å². The van der Waals surface area contributed by atoms with Gasteiger partial charge in [0, 0.05) is 39.1 Å². The van der Waals surface area contributed by atoms with E-state index in [4.69, 9.17) is 39.6 Å². The summed E-state index contributed by atoms with van der Waals surface area (Å²) >= 11 is 20.0. The normalized spacial score (nSPS) is 15.3. The predicted octanol–water partition coefficient (Wildman–Crippen LogP) is 10.0. The highest BCUT2D eigenvalue weighted by atomic mass is 35.5. The number of fused-ring (bicyclic) bond motifs is 4. The number of halogens is 3. The summed E-state index contributed by atoms with van der Waals surface area (Å²) in [6.07, 6.45) is 6.17. The van der Waals surface area contributed by atoms with Crippen LogP contribution in [0.5, 0.6) is 0 Å². The first-order valence-electron chi connectivity index (χ1n) is 15.0. The van der Waals surface area contributed by atoms with Gasteiger partial charge in [0.15, 0.2) is 0 Å². The minimum absolute atomic E-state index is 0.0424.